The first-order valence-corrected chi connectivity index (χ1v) is 10.2. The van der Waals surface area contributed by atoms with E-state index in [9.17, 15) is 0 Å². The van der Waals surface area contributed by atoms with Gasteiger partial charge in [-0.25, -0.2) is 0 Å². The van der Waals surface area contributed by atoms with Gasteiger partial charge in [-0.3, -0.25) is 9.89 Å². The van der Waals surface area contributed by atoms with E-state index in [1.807, 2.05) is 0 Å². The Kier molecular flexibility index (Phi) is 7.50. The highest BCUT2D eigenvalue weighted by molar-refractivity contribution is 5.80. The van der Waals surface area contributed by atoms with Crippen molar-refractivity contribution in [1.29, 1.82) is 0 Å². The molecular weight excluding hydrogens is 340 g/mol. The molecule has 0 spiro atoms. The fraction of sp³-hybridized carbons (Fsp3) is 0.667. The molecule has 0 saturated carbocycles. The summed E-state index contributed by atoms with van der Waals surface area (Å²) in [7, 11) is 0. The second-order valence-corrected chi connectivity index (χ2v) is 7.36. The highest BCUT2D eigenvalue weighted by Crippen LogP contribution is 2.25. The Morgan fingerprint density at radius 1 is 1.19 bits per heavy atom. The number of aryl methyl sites for hydroxylation is 2. The lowest BCUT2D eigenvalue weighted by Crippen LogP contribution is -2.48. The van der Waals surface area contributed by atoms with Crippen LogP contribution in [0.4, 0.5) is 0 Å². The van der Waals surface area contributed by atoms with Gasteiger partial charge in [-0.1, -0.05) is 23.8 Å². The SMILES string of the molecule is CCNC(=NCCN1CCOCC1)N1CCOC(c2ccc(C)cc2C)C1. The van der Waals surface area contributed by atoms with Crippen molar-refractivity contribution in [3.63, 3.8) is 0 Å². The van der Waals surface area contributed by atoms with Crippen LogP contribution in [0.2, 0.25) is 0 Å². The van der Waals surface area contributed by atoms with Crippen molar-refractivity contribution in [2.75, 3.05) is 65.6 Å². The average molecular weight is 375 g/mol. The normalized spacial score (nSPS) is 22.1. The van der Waals surface area contributed by atoms with Gasteiger partial charge in [0.05, 0.1) is 32.9 Å². The lowest BCUT2D eigenvalue weighted by atomic mass is 10.00. The van der Waals surface area contributed by atoms with Crippen molar-refractivity contribution >= 4 is 5.96 Å². The van der Waals surface area contributed by atoms with Gasteiger partial charge < -0.3 is 19.7 Å². The summed E-state index contributed by atoms with van der Waals surface area (Å²) in [4.78, 5) is 9.66. The third-order valence-electron chi connectivity index (χ3n) is 5.25. The second kappa shape index (κ2) is 10.1. The van der Waals surface area contributed by atoms with E-state index in [0.717, 1.165) is 71.6 Å². The van der Waals surface area contributed by atoms with Gasteiger partial charge >= 0.3 is 0 Å². The Labute approximate surface area is 163 Å². The Morgan fingerprint density at radius 3 is 2.74 bits per heavy atom. The molecule has 0 amide bonds. The third kappa shape index (κ3) is 5.67. The predicted molar refractivity (Wildman–Crippen MR) is 109 cm³/mol. The third-order valence-corrected chi connectivity index (χ3v) is 5.25. The summed E-state index contributed by atoms with van der Waals surface area (Å²) in [6.45, 7) is 15.3. The summed E-state index contributed by atoms with van der Waals surface area (Å²) in [5.41, 5.74) is 3.88. The van der Waals surface area contributed by atoms with E-state index in [0.29, 0.717) is 0 Å². The van der Waals surface area contributed by atoms with E-state index in [-0.39, 0.29) is 6.10 Å². The number of benzene rings is 1. The maximum absolute atomic E-state index is 6.10. The van der Waals surface area contributed by atoms with Gasteiger partial charge in [-0.05, 0) is 31.9 Å². The van der Waals surface area contributed by atoms with E-state index >= 15 is 0 Å². The van der Waals surface area contributed by atoms with Crippen molar-refractivity contribution in [3.8, 4) is 0 Å². The van der Waals surface area contributed by atoms with Gasteiger partial charge in [-0.2, -0.15) is 0 Å². The van der Waals surface area contributed by atoms with E-state index < -0.39 is 0 Å². The molecule has 0 aliphatic carbocycles. The summed E-state index contributed by atoms with van der Waals surface area (Å²) in [6.07, 6.45) is 0.0995. The molecule has 2 fully saturated rings. The Morgan fingerprint density at radius 2 is 2.00 bits per heavy atom. The molecule has 2 aliphatic heterocycles. The van der Waals surface area contributed by atoms with Crippen LogP contribution >= 0.6 is 0 Å². The largest absolute Gasteiger partial charge is 0.379 e. The Bertz CT molecular complexity index is 629. The van der Waals surface area contributed by atoms with Crippen LogP contribution < -0.4 is 5.32 Å². The zero-order valence-electron chi connectivity index (χ0n) is 17.0. The highest BCUT2D eigenvalue weighted by Gasteiger charge is 2.25. The average Bonchev–Trinajstić information content (AvgIpc) is 2.68. The van der Waals surface area contributed by atoms with Crippen LogP contribution in [0.3, 0.4) is 0 Å². The van der Waals surface area contributed by atoms with Crippen molar-refractivity contribution < 1.29 is 9.47 Å². The van der Waals surface area contributed by atoms with Crippen LogP contribution in [-0.2, 0) is 9.47 Å². The number of hydrogen-bond acceptors (Lipinski definition) is 4. The molecule has 0 radical (unpaired) electrons. The minimum absolute atomic E-state index is 0.0995. The number of nitrogens with zero attached hydrogens (tertiary/aromatic N) is 3. The quantitative estimate of drug-likeness (QED) is 0.631. The summed E-state index contributed by atoms with van der Waals surface area (Å²) >= 11 is 0. The Hall–Kier alpha value is -1.63. The molecule has 27 heavy (non-hydrogen) atoms. The van der Waals surface area contributed by atoms with Gasteiger partial charge in [-0.15, -0.1) is 0 Å². The standard InChI is InChI=1S/C21H34N4O2/c1-4-22-21(23-7-8-24-9-12-26-13-10-24)25-11-14-27-20(16-25)19-6-5-17(2)15-18(19)3/h5-6,15,20H,4,7-14,16H2,1-3H3,(H,22,23). The number of morpholine rings is 2. The maximum atomic E-state index is 6.10. The molecule has 1 aromatic carbocycles. The van der Waals surface area contributed by atoms with Crippen LogP contribution in [0.1, 0.15) is 29.7 Å². The number of hydrogen-bond donors (Lipinski definition) is 1. The minimum atomic E-state index is 0.0995. The summed E-state index contributed by atoms with van der Waals surface area (Å²) in [5.74, 6) is 1.00. The van der Waals surface area contributed by atoms with E-state index in [1.165, 1.54) is 16.7 Å². The molecule has 0 bridgehead atoms. The second-order valence-electron chi connectivity index (χ2n) is 7.36. The fourth-order valence-electron chi connectivity index (χ4n) is 3.76. The maximum Gasteiger partial charge on any atom is 0.194 e. The van der Waals surface area contributed by atoms with Crippen molar-refractivity contribution in [3.05, 3.63) is 34.9 Å². The molecule has 1 atom stereocenters. The van der Waals surface area contributed by atoms with Crippen LogP contribution in [-0.4, -0.2) is 81.4 Å². The molecule has 150 valence electrons. The highest BCUT2D eigenvalue weighted by atomic mass is 16.5. The minimum Gasteiger partial charge on any atom is -0.379 e. The van der Waals surface area contributed by atoms with Crippen molar-refractivity contribution in [1.82, 2.24) is 15.1 Å². The fourth-order valence-corrected chi connectivity index (χ4v) is 3.76. The van der Waals surface area contributed by atoms with Crippen molar-refractivity contribution in [2.24, 2.45) is 4.99 Å². The number of aliphatic imine (C=N–C) groups is 1. The van der Waals surface area contributed by atoms with Crippen molar-refractivity contribution in [2.45, 2.75) is 26.9 Å². The van der Waals surface area contributed by atoms with Gasteiger partial charge in [0, 0.05) is 32.7 Å². The molecule has 1 N–H and O–H groups in total. The first-order chi connectivity index (χ1) is 13.2. The molecule has 2 aliphatic rings. The summed E-state index contributed by atoms with van der Waals surface area (Å²) in [5, 5.41) is 3.46. The Balaban J connectivity index is 1.62. The predicted octanol–water partition coefficient (Wildman–Crippen LogP) is 1.97. The zero-order chi connectivity index (χ0) is 19.1. The summed E-state index contributed by atoms with van der Waals surface area (Å²) in [6, 6.07) is 6.62. The van der Waals surface area contributed by atoms with Gasteiger partial charge in [0.2, 0.25) is 0 Å². The van der Waals surface area contributed by atoms with Gasteiger partial charge in [0.1, 0.15) is 6.10 Å². The molecule has 1 unspecified atom stereocenters. The number of nitrogens with one attached hydrogen (secondary N) is 1. The molecule has 6 heteroatoms. The smallest absolute Gasteiger partial charge is 0.194 e. The van der Waals surface area contributed by atoms with Crippen LogP contribution in [0.15, 0.2) is 23.2 Å². The topological polar surface area (TPSA) is 49.3 Å². The number of guanidine groups is 1. The molecular formula is C21H34N4O2. The molecule has 1 aromatic rings. The first-order valence-electron chi connectivity index (χ1n) is 10.2. The molecule has 2 heterocycles. The molecule has 3 rings (SSSR count). The van der Waals surface area contributed by atoms with Gasteiger partial charge in [0.25, 0.3) is 0 Å². The van der Waals surface area contributed by atoms with Crippen LogP contribution in [0.25, 0.3) is 0 Å². The van der Waals surface area contributed by atoms with Crippen LogP contribution in [0.5, 0.6) is 0 Å². The van der Waals surface area contributed by atoms with E-state index in [2.05, 4.69) is 54.1 Å². The zero-order valence-corrected chi connectivity index (χ0v) is 17.0. The molecule has 0 aromatic heterocycles. The van der Waals surface area contributed by atoms with Gasteiger partial charge in [0.15, 0.2) is 5.96 Å². The number of rotatable bonds is 5. The van der Waals surface area contributed by atoms with E-state index in [1.54, 1.807) is 0 Å². The van der Waals surface area contributed by atoms with Crippen LogP contribution in [0, 0.1) is 13.8 Å². The summed E-state index contributed by atoms with van der Waals surface area (Å²) < 4.78 is 11.5. The lowest BCUT2D eigenvalue weighted by Gasteiger charge is -2.36. The first kappa shape index (κ1) is 20.1. The van der Waals surface area contributed by atoms with E-state index in [4.69, 9.17) is 14.5 Å². The molecule has 6 nitrogen and oxygen atoms in total. The number of ether oxygens (including phenoxy) is 2. The molecule has 2 saturated heterocycles. The lowest BCUT2D eigenvalue weighted by molar-refractivity contribution is -0.00838. The monoisotopic (exact) mass is 374 g/mol.